The van der Waals surface area contributed by atoms with Crippen molar-refractivity contribution < 1.29 is 0 Å². The summed E-state index contributed by atoms with van der Waals surface area (Å²) in [6.45, 7) is 7.09. The molecule has 1 heterocycles. The second kappa shape index (κ2) is 4.97. The predicted octanol–water partition coefficient (Wildman–Crippen LogP) is 2.06. The molecule has 1 N–H and O–H groups in total. The van der Waals surface area contributed by atoms with Gasteiger partial charge < -0.3 is 5.32 Å². The average Bonchev–Trinajstić information content (AvgIpc) is 1.88. The molecule has 1 fully saturated rings. The van der Waals surface area contributed by atoms with Gasteiger partial charge in [-0.05, 0) is 31.3 Å². The lowest BCUT2D eigenvalue weighted by Crippen LogP contribution is -2.34. The molecule has 1 aliphatic heterocycles. The summed E-state index contributed by atoms with van der Waals surface area (Å²) in [4.78, 5) is 0. The van der Waals surface area contributed by atoms with Gasteiger partial charge in [0.1, 0.15) is 0 Å². The van der Waals surface area contributed by atoms with Crippen molar-refractivity contribution in [1.82, 2.24) is 5.32 Å². The maximum atomic E-state index is 3.44. The Kier molecular flexibility index (Phi) is 5.10. The topological polar surface area (TPSA) is 12.0 Å². The van der Waals surface area contributed by atoms with Gasteiger partial charge in [0, 0.05) is 0 Å². The molecule has 1 saturated heterocycles. The number of piperidine rings is 1. The van der Waals surface area contributed by atoms with Crippen molar-refractivity contribution in [1.29, 1.82) is 0 Å². The summed E-state index contributed by atoms with van der Waals surface area (Å²) in [6.07, 6.45) is 2.78. The van der Waals surface area contributed by atoms with Crippen molar-refractivity contribution in [3.63, 3.8) is 0 Å². The zero-order chi connectivity index (χ0) is 6.69. The van der Waals surface area contributed by atoms with E-state index >= 15 is 0 Å². The highest BCUT2D eigenvalue weighted by Gasteiger charge is 2.15. The van der Waals surface area contributed by atoms with Gasteiger partial charge >= 0.3 is 0 Å². The second-order valence-electron chi connectivity index (χ2n) is 3.27. The van der Waals surface area contributed by atoms with Crippen molar-refractivity contribution in [2.75, 3.05) is 13.1 Å². The Morgan fingerprint density at radius 2 is 2.10 bits per heavy atom. The minimum absolute atomic E-state index is 0. The fourth-order valence-electron chi connectivity index (χ4n) is 1.58. The van der Waals surface area contributed by atoms with Crippen LogP contribution in [-0.2, 0) is 0 Å². The van der Waals surface area contributed by atoms with Gasteiger partial charge in [0.15, 0.2) is 0 Å². The van der Waals surface area contributed by atoms with Crippen LogP contribution in [0.3, 0.4) is 0 Å². The molecular formula is C8H18ClN. The summed E-state index contributed by atoms with van der Waals surface area (Å²) < 4.78 is 0. The van der Waals surface area contributed by atoms with E-state index in [1.54, 1.807) is 0 Å². The highest BCUT2D eigenvalue weighted by atomic mass is 35.5. The first kappa shape index (κ1) is 10.2. The Labute approximate surface area is 70.0 Å². The van der Waals surface area contributed by atoms with Gasteiger partial charge in [0.25, 0.3) is 0 Å². The van der Waals surface area contributed by atoms with Crippen LogP contribution in [0.15, 0.2) is 0 Å². The highest BCUT2D eigenvalue weighted by Crippen LogP contribution is 2.17. The molecule has 62 valence electrons. The molecule has 0 amide bonds. The first-order valence-corrected chi connectivity index (χ1v) is 4.03. The molecule has 2 atom stereocenters. The lowest BCUT2D eigenvalue weighted by molar-refractivity contribution is 0.296. The molecule has 0 aromatic carbocycles. The lowest BCUT2D eigenvalue weighted by Gasteiger charge is -2.26. The molecule has 0 aromatic heterocycles. The fraction of sp³-hybridized carbons (Fsp3) is 1.00. The minimum Gasteiger partial charge on any atom is -0.316 e. The first-order chi connectivity index (χ1) is 4.33. The number of hydrogen-bond acceptors (Lipinski definition) is 1. The zero-order valence-corrected chi connectivity index (χ0v) is 7.71. The number of halogens is 1. The molecule has 1 aliphatic rings. The summed E-state index contributed by atoms with van der Waals surface area (Å²) >= 11 is 0. The number of hydrogen-bond donors (Lipinski definition) is 1. The average molecular weight is 164 g/mol. The molecular weight excluding hydrogens is 146 g/mol. The minimum atomic E-state index is 0. The van der Waals surface area contributed by atoms with E-state index in [-0.39, 0.29) is 12.4 Å². The van der Waals surface area contributed by atoms with Gasteiger partial charge in [-0.3, -0.25) is 0 Å². The monoisotopic (exact) mass is 163 g/mol. The maximum Gasteiger partial charge on any atom is -0.00204 e. The summed E-state index contributed by atoms with van der Waals surface area (Å²) in [7, 11) is 0. The summed E-state index contributed by atoms with van der Waals surface area (Å²) in [5, 5.41) is 3.44. The Morgan fingerprint density at radius 1 is 1.40 bits per heavy atom. The predicted molar refractivity (Wildman–Crippen MR) is 47.7 cm³/mol. The van der Waals surface area contributed by atoms with Crippen LogP contribution in [0.5, 0.6) is 0 Å². The largest absolute Gasteiger partial charge is 0.316 e. The molecule has 2 heteroatoms. The molecule has 0 saturated carbocycles. The van der Waals surface area contributed by atoms with Gasteiger partial charge in [-0.25, -0.2) is 0 Å². The maximum absolute atomic E-state index is 3.44. The van der Waals surface area contributed by atoms with Crippen molar-refractivity contribution >= 4 is 12.4 Å². The van der Waals surface area contributed by atoms with Crippen LogP contribution in [-0.4, -0.2) is 13.1 Å². The van der Waals surface area contributed by atoms with E-state index in [1.807, 2.05) is 0 Å². The van der Waals surface area contributed by atoms with Gasteiger partial charge in [0.05, 0.1) is 0 Å². The third kappa shape index (κ3) is 2.89. The van der Waals surface area contributed by atoms with E-state index in [1.165, 1.54) is 25.9 Å². The summed E-state index contributed by atoms with van der Waals surface area (Å²) in [6, 6.07) is 0. The summed E-state index contributed by atoms with van der Waals surface area (Å²) in [5.41, 5.74) is 0. The van der Waals surface area contributed by atoms with E-state index in [0.717, 1.165) is 11.8 Å². The lowest BCUT2D eigenvalue weighted by atomic mass is 9.90. The van der Waals surface area contributed by atoms with Crippen LogP contribution in [0.1, 0.15) is 26.7 Å². The quantitative estimate of drug-likeness (QED) is 0.624. The Morgan fingerprint density at radius 3 is 2.50 bits per heavy atom. The van der Waals surface area contributed by atoms with E-state index < -0.39 is 0 Å². The molecule has 2 unspecified atom stereocenters. The van der Waals surface area contributed by atoms with Crippen molar-refractivity contribution in [3.8, 4) is 0 Å². The van der Waals surface area contributed by atoms with E-state index in [0.29, 0.717) is 0 Å². The van der Waals surface area contributed by atoms with Crippen LogP contribution in [0.4, 0.5) is 0 Å². The standard InChI is InChI=1S/C8H17N.ClH/c1-3-8-4-7(2)5-9-6-8;/h7-9H,3-6H2,1-2H3;1H. The molecule has 0 radical (unpaired) electrons. The molecule has 0 aromatic rings. The molecule has 0 aliphatic carbocycles. The van der Waals surface area contributed by atoms with E-state index in [4.69, 9.17) is 0 Å². The number of nitrogens with one attached hydrogen (secondary N) is 1. The van der Waals surface area contributed by atoms with Gasteiger partial charge in [-0.15, -0.1) is 12.4 Å². The van der Waals surface area contributed by atoms with E-state index in [2.05, 4.69) is 19.2 Å². The van der Waals surface area contributed by atoms with Crippen LogP contribution < -0.4 is 5.32 Å². The first-order valence-electron chi connectivity index (χ1n) is 4.03. The van der Waals surface area contributed by atoms with E-state index in [9.17, 15) is 0 Å². The third-order valence-electron chi connectivity index (χ3n) is 2.24. The fourth-order valence-corrected chi connectivity index (χ4v) is 1.58. The van der Waals surface area contributed by atoms with Crippen LogP contribution in [0.25, 0.3) is 0 Å². The molecule has 0 bridgehead atoms. The Hall–Kier alpha value is 0.250. The summed E-state index contributed by atoms with van der Waals surface area (Å²) in [5.74, 6) is 1.86. The Bertz CT molecular complexity index is 85.3. The smallest absolute Gasteiger partial charge is 0.00204 e. The molecule has 1 nitrogen and oxygen atoms in total. The normalized spacial score (nSPS) is 33.0. The highest BCUT2D eigenvalue weighted by molar-refractivity contribution is 5.85. The van der Waals surface area contributed by atoms with Crippen LogP contribution in [0, 0.1) is 11.8 Å². The Balaban J connectivity index is 0.000000810. The third-order valence-corrected chi connectivity index (χ3v) is 2.24. The SMILES string of the molecule is CCC1CNCC(C)C1.Cl. The molecule has 10 heavy (non-hydrogen) atoms. The van der Waals surface area contributed by atoms with Gasteiger partial charge in [-0.1, -0.05) is 20.3 Å². The van der Waals surface area contributed by atoms with Crippen molar-refractivity contribution in [2.45, 2.75) is 26.7 Å². The molecule has 0 spiro atoms. The molecule has 1 rings (SSSR count). The second-order valence-corrected chi connectivity index (χ2v) is 3.27. The zero-order valence-electron chi connectivity index (χ0n) is 6.89. The van der Waals surface area contributed by atoms with Gasteiger partial charge in [0.2, 0.25) is 0 Å². The van der Waals surface area contributed by atoms with Crippen LogP contribution in [0.2, 0.25) is 0 Å². The van der Waals surface area contributed by atoms with Gasteiger partial charge in [-0.2, -0.15) is 0 Å². The van der Waals surface area contributed by atoms with Crippen LogP contribution >= 0.6 is 12.4 Å². The van der Waals surface area contributed by atoms with Crippen molar-refractivity contribution in [3.05, 3.63) is 0 Å². The number of rotatable bonds is 1. The van der Waals surface area contributed by atoms with Crippen molar-refractivity contribution in [2.24, 2.45) is 11.8 Å².